The van der Waals surface area contributed by atoms with E-state index in [1.54, 1.807) is 4.90 Å². The Morgan fingerprint density at radius 1 is 1.15 bits per heavy atom. The van der Waals surface area contributed by atoms with Gasteiger partial charge in [-0.1, -0.05) is 0 Å². The third-order valence-corrected chi connectivity index (χ3v) is 2.49. The molecule has 1 aromatic heterocycles. The predicted molar refractivity (Wildman–Crippen MR) is 65.2 cm³/mol. The molecule has 2 rings (SSSR count). The Hall–Kier alpha value is -1.88. The van der Waals surface area contributed by atoms with Crippen molar-refractivity contribution >= 4 is 17.8 Å². The van der Waals surface area contributed by atoms with Crippen LogP contribution in [0.3, 0.4) is 0 Å². The number of alkyl halides is 3. The van der Waals surface area contributed by atoms with Crippen molar-refractivity contribution in [3.05, 3.63) is 0 Å². The quantitative estimate of drug-likeness (QED) is 0.525. The highest BCUT2D eigenvalue weighted by atomic mass is 19.4. The molecule has 4 N–H and O–H groups in total. The fraction of sp³-hybridized carbons (Fsp3) is 0.667. The molecule has 1 aliphatic heterocycles. The molecule has 0 bridgehead atoms. The lowest BCUT2D eigenvalue weighted by Gasteiger charge is -2.27. The van der Waals surface area contributed by atoms with Crippen LogP contribution in [0, 0.1) is 0 Å². The maximum absolute atomic E-state index is 12.2. The van der Waals surface area contributed by atoms with E-state index in [0.29, 0.717) is 26.3 Å². The van der Waals surface area contributed by atoms with Gasteiger partial charge in [-0.3, -0.25) is 5.43 Å². The molecule has 0 aliphatic carbocycles. The van der Waals surface area contributed by atoms with Gasteiger partial charge in [-0.2, -0.15) is 28.1 Å². The minimum atomic E-state index is -4.36. The van der Waals surface area contributed by atoms with Gasteiger partial charge in [-0.15, -0.1) is 0 Å². The van der Waals surface area contributed by atoms with Crippen molar-refractivity contribution in [2.75, 3.05) is 48.5 Å². The summed E-state index contributed by atoms with van der Waals surface area (Å²) in [5, 5.41) is 2.10. The number of nitrogens with zero attached hydrogens (tertiary/aromatic N) is 4. The first-order chi connectivity index (χ1) is 9.48. The van der Waals surface area contributed by atoms with Gasteiger partial charge in [0.05, 0.1) is 13.2 Å². The highest BCUT2D eigenvalue weighted by molar-refractivity contribution is 5.43. The van der Waals surface area contributed by atoms with Crippen molar-refractivity contribution in [3.63, 3.8) is 0 Å². The second kappa shape index (κ2) is 6.05. The Morgan fingerprint density at radius 2 is 1.80 bits per heavy atom. The van der Waals surface area contributed by atoms with Crippen LogP contribution in [0.1, 0.15) is 0 Å². The van der Waals surface area contributed by atoms with Gasteiger partial charge in [-0.05, 0) is 0 Å². The smallest absolute Gasteiger partial charge is 0.378 e. The third kappa shape index (κ3) is 4.06. The van der Waals surface area contributed by atoms with E-state index < -0.39 is 12.7 Å². The van der Waals surface area contributed by atoms with Crippen LogP contribution in [-0.4, -0.2) is 54.0 Å². The monoisotopic (exact) mass is 293 g/mol. The molecule has 11 heteroatoms. The SMILES string of the molecule is NNc1nc(NCC(F)(F)F)nc(N2CCOCC2)n1. The summed E-state index contributed by atoms with van der Waals surface area (Å²) < 4.78 is 41.7. The molecular formula is C9H14F3N7O. The van der Waals surface area contributed by atoms with E-state index in [1.807, 2.05) is 0 Å². The highest BCUT2D eigenvalue weighted by Gasteiger charge is 2.27. The standard InChI is InChI=1S/C9H14F3N7O/c10-9(11,12)5-14-6-15-7(18-13)17-8(16-6)19-1-3-20-4-2-19/h1-5,13H2,(H2,14,15,16,17,18). The van der Waals surface area contributed by atoms with Gasteiger partial charge in [0.15, 0.2) is 0 Å². The van der Waals surface area contributed by atoms with Crippen molar-refractivity contribution in [3.8, 4) is 0 Å². The van der Waals surface area contributed by atoms with E-state index in [1.165, 1.54) is 0 Å². The van der Waals surface area contributed by atoms with Crippen LogP contribution in [0.15, 0.2) is 0 Å². The van der Waals surface area contributed by atoms with Crippen LogP contribution in [0.25, 0.3) is 0 Å². The number of aromatic nitrogens is 3. The summed E-state index contributed by atoms with van der Waals surface area (Å²) in [5.74, 6) is 5.26. The Labute approximate surface area is 112 Å². The normalized spacial score (nSPS) is 16.1. The van der Waals surface area contributed by atoms with E-state index in [4.69, 9.17) is 10.6 Å². The first-order valence-corrected chi connectivity index (χ1v) is 5.84. The molecule has 0 amide bonds. The zero-order valence-corrected chi connectivity index (χ0v) is 10.4. The zero-order chi connectivity index (χ0) is 14.6. The van der Waals surface area contributed by atoms with Gasteiger partial charge in [-0.25, -0.2) is 5.84 Å². The Bertz CT molecular complexity index is 450. The molecule has 112 valence electrons. The summed E-state index contributed by atoms with van der Waals surface area (Å²) in [4.78, 5) is 13.5. The molecule has 1 saturated heterocycles. The topological polar surface area (TPSA) is 101 Å². The maximum Gasteiger partial charge on any atom is 0.405 e. The predicted octanol–water partition coefficient (Wildman–Crippen LogP) is -0.0320. The van der Waals surface area contributed by atoms with Crippen LogP contribution >= 0.6 is 0 Å². The number of morpholine rings is 1. The largest absolute Gasteiger partial charge is 0.405 e. The van der Waals surface area contributed by atoms with E-state index in [-0.39, 0.29) is 17.8 Å². The second-order valence-electron chi connectivity index (χ2n) is 4.00. The second-order valence-corrected chi connectivity index (χ2v) is 4.00. The molecule has 2 heterocycles. The third-order valence-electron chi connectivity index (χ3n) is 2.49. The average Bonchev–Trinajstić information content (AvgIpc) is 2.45. The Balaban J connectivity index is 2.15. The summed E-state index contributed by atoms with van der Waals surface area (Å²) in [6.07, 6.45) is -4.36. The van der Waals surface area contributed by atoms with Crippen molar-refractivity contribution in [2.24, 2.45) is 5.84 Å². The number of nitrogens with two attached hydrogens (primary N) is 1. The number of anilines is 3. The maximum atomic E-state index is 12.2. The molecule has 0 saturated carbocycles. The molecule has 1 aliphatic rings. The first-order valence-electron chi connectivity index (χ1n) is 5.84. The fourth-order valence-electron chi connectivity index (χ4n) is 1.59. The Kier molecular flexibility index (Phi) is 4.39. The van der Waals surface area contributed by atoms with Crippen molar-refractivity contribution < 1.29 is 17.9 Å². The van der Waals surface area contributed by atoms with Gasteiger partial charge in [0.1, 0.15) is 6.54 Å². The van der Waals surface area contributed by atoms with Gasteiger partial charge in [0.25, 0.3) is 0 Å². The van der Waals surface area contributed by atoms with Gasteiger partial charge in [0, 0.05) is 13.1 Å². The van der Waals surface area contributed by atoms with Crippen LogP contribution in [-0.2, 0) is 4.74 Å². The van der Waals surface area contributed by atoms with Gasteiger partial charge >= 0.3 is 6.18 Å². The number of rotatable bonds is 4. The molecule has 8 nitrogen and oxygen atoms in total. The average molecular weight is 293 g/mol. The summed E-state index contributed by atoms with van der Waals surface area (Å²) >= 11 is 0. The summed E-state index contributed by atoms with van der Waals surface area (Å²) in [5.41, 5.74) is 2.20. The van der Waals surface area contributed by atoms with E-state index >= 15 is 0 Å². The highest BCUT2D eigenvalue weighted by Crippen LogP contribution is 2.17. The lowest BCUT2D eigenvalue weighted by Crippen LogP contribution is -2.37. The molecule has 0 unspecified atom stereocenters. The van der Waals surface area contributed by atoms with Gasteiger partial charge in [0.2, 0.25) is 17.8 Å². The number of nitrogen functional groups attached to an aromatic ring is 1. The lowest BCUT2D eigenvalue weighted by molar-refractivity contribution is -0.115. The molecular weight excluding hydrogens is 279 g/mol. The Morgan fingerprint density at radius 3 is 2.40 bits per heavy atom. The number of hydrazine groups is 1. The fourth-order valence-corrected chi connectivity index (χ4v) is 1.59. The summed E-state index contributed by atoms with van der Waals surface area (Å²) in [6, 6.07) is 0. The van der Waals surface area contributed by atoms with E-state index in [0.717, 1.165) is 0 Å². The molecule has 1 fully saturated rings. The van der Waals surface area contributed by atoms with Crippen molar-refractivity contribution in [2.45, 2.75) is 6.18 Å². The van der Waals surface area contributed by atoms with Gasteiger partial charge < -0.3 is 15.0 Å². The minimum absolute atomic E-state index is 0.00818. The van der Waals surface area contributed by atoms with E-state index in [9.17, 15) is 13.2 Å². The van der Waals surface area contributed by atoms with Crippen LogP contribution in [0.5, 0.6) is 0 Å². The van der Waals surface area contributed by atoms with Crippen molar-refractivity contribution in [1.29, 1.82) is 0 Å². The molecule has 1 aromatic rings. The van der Waals surface area contributed by atoms with Crippen LogP contribution in [0.2, 0.25) is 0 Å². The zero-order valence-electron chi connectivity index (χ0n) is 10.4. The summed E-state index contributed by atoms with van der Waals surface area (Å²) in [7, 11) is 0. The molecule has 0 aromatic carbocycles. The number of halogens is 3. The van der Waals surface area contributed by atoms with Crippen LogP contribution in [0.4, 0.5) is 31.0 Å². The number of nitrogens with one attached hydrogen (secondary N) is 2. The number of hydrogen-bond donors (Lipinski definition) is 3. The van der Waals surface area contributed by atoms with Crippen LogP contribution < -0.4 is 21.5 Å². The number of ether oxygens (including phenoxy) is 1. The molecule has 20 heavy (non-hydrogen) atoms. The summed E-state index contributed by atoms with van der Waals surface area (Å²) in [6.45, 7) is 0.869. The number of hydrogen-bond acceptors (Lipinski definition) is 8. The van der Waals surface area contributed by atoms with E-state index in [2.05, 4.69) is 25.7 Å². The molecule has 0 spiro atoms. The molecule has 0 radical (unpaired) electrons. The minimum Gasteiger partial charge on any atom is -0.378 e. The molecule has 0 atom stereocenters. The van der Waals surface area contributed by atoms with Crippen molar-refractivity contribution in [1.82, 2.24) is 15.0 Å². The lowest BCUT2D eigenvalue weighted by atomic mass is 10.4. The first kappa shape index (κ1) is 14.5.